The van der Waals surface area contributed by atoms with Crippen molar-refractivity contribution in [1.82, 2.24) is 4.90 Å². The van der Waals surface area contributed by atoms with Crippen LogP contribution in [0.5, 0.6) is 0 Å². The van der Waals surface area contributed by atoms with E-state index in [2.05, 4.69) is 17.1 Å². The molecule has 5 heteroatoms. The number of rotatable bonds is 5. The van der Waals surface area contributed by atoms with Gasteiger partial charge in [0.25, 0.3) is 0 Å². The summed E-state index contributed by atoms with van der Waals surface area (Å²) in [6.45, 7) is 9.74. The minimum atomic E-state index is -0.213. The first-order chi connectivity index (χ1) is 11.4. The lowest BCUT2D eigenvalue weighted by atomic mass is 9.96. The lowest BCUT2D eigenvalue weighted by molar-refractivity contribution is -0.149. The molecule has 1 heterocycles. The lowest BCUT2D eigenvalue weighted by Gasteiger charge is -2.34. The molecule has 1 aliphatic heterocycles. The largest absolute Gasteiger partial charge is 0.466 e. The van der Waals surface area contributed by atoms with E-state index in [0.29, 0.717) is 6.61 Å². The zero-order chi connectivity index (χ0) is 17.7. The third-order valence-corrected chi connectivity index (χ3v) is 4.85. The number of hydrogen-bond acceptors (Lipinski definition) is 4. The van der Waals surface area contributed by atoms with E-state index in [1.807, 2.05) is 39.0 Å². The van der Waals surface area contributed by atoms with Crippen molar-refractivity contribution < 1.29 is 14.3 Å². The number of piperidine rings is 1. The molecule has 0 aromatic heterocycles. The van der Waals surface area contributed by atoms with Gasteiger partial charge in [-0.2, -0.15) is 0 Å². The van der Waals surface area contributed by atoms with E-state index in [-0.39, 0.29) is 23.8 Å². The number of anilines is 1. The van der Waals surface area contributed by atoms with Crippen LogP contribution in [-0.2, 0) is 14.3 Å². The van der Waals surface area contributed by atoms with Crippen molar-refractivity contribution in [3.8, 4) is 0 Å². The van der Waals surface area contributed by atoms with Gasteiger partial charge in [0.1, 0.15) is 0 Å². The third kappa shape index (κ3) is 4.57. The summed E-state index contributed by atoms with van der Waals surface area (Å²) in [6, 6.07) is 5.72. The summed E-state index contributed by atoms with van der Waals surface area (Å²) >= 11 is 0. The first-order valence-electron chi connectivity index (χ1n) is 8.71. The molecule has 0 bridgehead atoms. The molecule has 0 aliphatic carbocycles. The fraction of sp³-hybridized carbons (Fsp3) is 0.579. The van der Waals surface area contributed by atoms with Crippen LogP contribution < -0.4 is 5.32 Å². The van der Waals surface area contributed by atoms with Gasteiger partial charge >= 0.3 is 5.97 Å². The van der Waals surface area contributed by atoms with Gasteiger partial charge in [-0.05, 0) is 76.9 Å². The Labute approximate surface area is 144 Å². The van der Waals surface area contributed by atoms with E-state index in [0.717, 1.165) is 37.2 Å². The Hall–Kier alpha value is -1.88. The highest BCUT2D eigenvalue weighted by molar-refractivity contribution is 5.94. The monoisotopic (exact) mass is 332 g/mol. The van der Waals surface area contributed by atoms with E-state index in [1.165, 1.54) is 5.56 Å². The average Bonchev–Trinajstić information content (AvgIpc) is 2.58. The van der Waals surface area contributed by atoms with Gasteiger partial charge in [-0.15, -0.1) is 0 Å². The van der Waals surface area contributed by atoms with Gasteiger partial charge in [-0.1, -0.05) is 6.07 Å². The Morgan fingerprint density at radius 2 is 1.92 bits per heavy atom. The van der Waals surface area contributed by atoms with Gasteiger partial charge in [0, 0.05) is 5.69 Å². The Bertz CT molecular complexity index is 592. The predicted octanol–water partition coefficient (Wildman–Crippen LogP) is 2.91. The number of likely N-dealkylation sites (tertiary alicyclic amines) is 1. The molecule has 5 nitrogen and oxygen atoms in total. The SMILES string of the molecule is CCOC(=O)C1CCN(C(C)C(=O)Nc2ccc(C)c(C)c2)CC1. The minimum absolute atomic E-state index is 0.00663. The van der Waals surface area contributed by atoms with Crippen LogP contribution in [0.3, 0.4) is 0 Å². The van der Waals surface area contributed by atoms with E-state index < -0.39 is 0 Å². The molecular weight excluding hydrogens is 304 g/mol. The number of nitrogens with one attached hydrogen (secondary N) is 1. The van der Waals surface area contributed by atoms with Crippen LogP contribution in [0.25, 0.3) is 0 Å². The first-order valence-corrected chi connectivity index (χ1v) is 8.71. The van der Waals surface area contributed by atoms with Gasteiger partial charge in [-0.25, -0.2) is 0 Å². The van der Waals surface area contributed by atoms with Crippen LogP contribution in [0.2, 0.25) is 0 Å². The first kappa shape index (κ1) is 18.5. The second kappa shape index (κ2) is 8.29. The van der Waals surface area contributed by atoms with Crippen molar-refractivity contribution in [2.24, 2.45) is 5.92 Å². The molecule has 1 aromatic rings. The molecule has 1 amide bonds. The fourth-order valence-electron chi connectivity index (χ4n) is 3.01. The summed E-state index contributed by atoms with van der Waals surface area (Å²) in [6.07, 6.45) is 1.50. The fourth-order valence-corrected chi connectivity index (χ4v) is 3.01. The third-order valence-electron chi connectivity index (χ3n) is 4.85. The van der Waals surface area contributed by atoms with E-state index >= 15 is 0 Å². The average molecular weight is 332 g/mol. The Morgan fingerprint density at radius 3 is 2.50 bits per heavy atom. The number of nitrogens with zero attached hydrogens (tertiary/aromatic N) is 1. The Morgan fingerprint density at radius 1 is 1.25 bits per heavy atom. The highest BCUT2D eigenvalue weighted by atomic mass is 16.5. The summed E-state index contributed by atoms with van der Waals surface area (Å²) < 4.78 is 5.09. The quantitative estimate of drug-likeness (QED) is 0.842. The second-order valence-corrected chi connectivity index (χ2v) is 6.53. The molecule has 0 saturated carbocycles. The van der Waals surface area contributed by atoms with Crippen LogP contribution >= 0.6 is 0 Å². The maximum absolute atomic E-state index is 12.5. The van der Waals surface area contributed by atoms with Crippen molar-refractivity contribution in [3.05, 3.63) is 29.3 Å². The normalized spacial score (nSPS) is 17.3. The van der Waals surface area contributed by atoms with Crippen molar-refractivity contribution in [1.29, 1.82) is 0 Å². The molecule has 0 radical (unpaired) electrons. The number of carbonyl (C=O) groups is 2. The molecule has 1 N–H and O–H groups in total. The number of aryl methyl sites for hydroxylation is 2. The summed E-state index contributed by atoms with van der Waals surface area (Å²) in [5.41, 5.74) is 3.20. The summed E-state index contributed by atoms with van der Waals surface area (Å²) in [4.78, 5) is 26.4. The molecular formula is C19H28N2O3. The molecule has 1 aliphatic rings. The molecule has 1 aromatic carbocycles. The molecule has 1 unspecified atom stereocenters. The topological polar surface area (TPSA) is 58.6 Å². The lowest BCUT2D eigenvalue weighted by Crippen LogP contribution is -2.47. The molecule has 2 rings (SSSR count). The van der Waals surface area contributed by atoms with E-state index in [9.17, 15) is 9.59 Å². The van der Waals surface area contributed by atoms with Gasteiger partial charge in [0.15, 0.2) is 0 Å². The molecule has 1 atom stereocenters. The highest BCUT2D eigenvalue weighted by Gasteiger charge is 2.30. The minimum Gasteiger partial charge on any atom is -0.466 e. The number of benzene rings is 1. The smallest absolute Gasteiger partial charge is 0.309 e. The highest BCUT2D eigenvalue weighted by Crippen LogP contribution is 2.21. The summed E-state index contributed by atoms with van der Waals surface area (Å²) in [7, 11) is 0. The predicted molar refractivity (Wildman–Crippen MR) is 94.9 cm³/mol. The Balaban J connectivity index is 1.87. The molecule has 132 valence electrons. The van der Waals surface area contributed by atoms with E-state index in [1.54, 1.807) is 0 Å². The van der Waals surface area contributed by atoms with Crippen molar-refractivity contribution >= 4 is 17.6 Å². The zero-order valence-corrected chi connectivity index (χ0v) is 15.1. The number of esters is 1. The summed E-state index contributed by atoms with van der Waals surface area (Å²) in [5, 5.41) is 2.99. The maximum Gasteiger partial charge on any atom is 0.309 e. The molecule has 1 saturated heterocycles. The van der Waals surface area contributed by atoms with Crippen LogP contribution in [0.4, 0.5) is 5.69 Å². The van der Waals surface area contributed by atoms with Crippen LogP contribution in [0.1, 0.15) is 37.8 Å². The molecule has 0 spiro atoms. The van der Waals surface area contributed by atoms with Crippen molar-refractivity contribution in [3.63, 3.8) is 0 Å². The number of hydrogen-bond donors (Lipinski definition) is 1. The van der Waals surface area contributed by atoms with Crippen LogP contribution in [-0.4, -0.2) is 42.5 Å². The van der Waals surface area contributed by atoms with Crippen molar-refractivity contribution in [2.45, 2.75) is 46.6 Å². The second-order valence-electron chi connectivity index (χ2n) is 6.53. The standard InChI is InChI=1S/C19H28N2O3/c1-5-24-19(23)16-8-10-21(11-9-16)15(4)18(22)20-17-7-6-13(2)14(3)12-17/h6-7,12,15-16H,5,8-11H2,1-4H3,(H,20,22). The number of carbonyl (C=O) groups excluding carboxylic acids is 2. The number of amides is 1. The zero-order valence-electron chi connectivity index (χ0n) is 15.1. The Kier molecular flexibility index (Phi) is 6.37. The van der Waals surface area contributed by atoms with Crippen LogP contribution in [0, 0.1) is 19.8 Å². The molecule has 1 fully saturated rings. The number of ether oxygens (including phenoxy) is 1. The van der Waals surface area contributed by atoms with Gasteiger partial charge in [-0.3, -0.25) is 14.5 Å². The van der Waals surface area contributed by atoms with Gasteiger partial charge in [0.2, 0.25) is 5.91 Å². The van der Waals surface area contributed by atoms with Gasteiger partial charge in [0.05, 0.1) is 18.6 Å². The van der Waals surface area contributed by atoms with Gasteiger partial charge < -0.3 is 10.1 Å². The maximum atomic E-state index is 12.5. The van der Waals surface area contributed by atoms with Crippen molar-refractivity contribution in [2.75, 3.05) is 25.0 Å². The summed E-state index contributed by atoms with van der Waals surface area (Å²) in [5.74, 6) is -0.145. The van der Waals surface area contributed by atoms with E-state index in [4.69, 9.17) is 4.74 Å². The molecule has 24 heavy (non-hydrogen) atoms. The van der Waals surface area contributed by atoms with Crippen LogP contribution in [0.15, 0.2) is 18.2 Å².